The third-order valence-electron chi connectivity index (χ3n) is 4.54. The van der Waals surface area contributed by atoms with Gasteiger partial charge in [-0.3, -0.25) is 0 Å². The zero-order valence-corrected chi connectivity index (χ0v) is 14.7. The number of hydrogen-bond donors (Lipinski definition) is 0. The first-order valence-electron chi connectivity index (χ1n) is 8.55. The van der Waals surface area contributed by atoms with Crippen LogP contribution in [0.5, 0.6) is 0 Å². The summed E-state index contributed by atoms with van der Waals surface area (Å²) in [4.78, 5) is 14.8. The SMILES string of the molecule is CC1(C)CC(CN2CCN(C=Cc3ccccc3)C2=N[N+](=O)[O-])CO1. The van der Waals surface area contributed by atoms with E-state index in [0.717, 1.165) is 25.1 Å². The molecule has 0 bridgehead atoms. The van der Waals surface area contributed by atoms with Gasteiger partial charge in [0.25, 0.3) is 5.96 Å². The Morgan fingerprint density at radius 1 is 1.36 bits per heavy atom. The first-order valence-corrected chi connectivity index (χ1v) is 8.55. The summed E-state index contributed by atoms with van der Waals surface area (Å²) in [5.74, 6) is 0.770. The van der Waals surface area contributed by atoms with E-state index < -0.39 is 5.03 Å². The minimum absolute atomic E-state index is 0.113. The van der Waals surface area contributed by atoms with E-state index in [1.165, 1.54) is 0 Å². The molecule has 7 heteroatoms. The van der Waals surface area contributed by atoms with Gasteiger partial charge < -0.3 is 14.5 Å². The Hall–Kier alpha value is -2.41. The highest BCUT2D eigenvalue weighted by Gasteiger charge is 2.36. The van der Waals surface area contributed by atoms with Crippen LogP contribution < -0.4 is 0 Å². The highest BCUT2D eigenvalue weighted by atomic mass is 16.7. The van der Waals surface area contributed by atoms with Crippen LogP contribution in [0.25, 0.3) is 6.08 Å². The van der Waals surface area contributed by atoms with Crippen LogP contribution in [-0.4, -0.2) is 52.6 Å². The number of hydrogen-bond acceptors (Lipinski definition) is 3. The molecule has 0 saturated carbocycles. The molecule has 2 aliphatic rings. The van der Waals surface area contributed by atoms with Crippen molar-refractivity contribution in [2.45, 2.75) is 25.9 Å². The van der Waals surface area contributed by atoms with Crippen LogP contribution in [0.2, 0.25) is 0 Å². The smallest absolute Gasteiger partial charge is 0.278 e. The van der Waals surface area contributed by atoms with Crippen molar-refractivity contribution in [2.24, 2.45) is 11.0 Å². The Balaban J connectivity index is 1.70. The number of hydrazone groups is 1. The highest BCUT2D eigenvalue weighted by molar-refractivity contribution is 5.83. The maximum absolute atomic E-state index is 11.0. The van der Waals surface area contributed by atoms with Gasteiger partial charge in [0.1, 0.15) is 5.10 Å². The highest BCUT2D eigenvalue weighted by Crippen LogP contribution is 2.30. The molecule has 25 heavy (non-hydrogen) atoms. The summed E-state index contributed by atoms with van der Waals surface area (Å²) in [7, 11) is 0. The molecule has 1 aromatic rings. The van der Waals surface area contributed by atoms with Gasteiger partial charge in [0, 0.05) is 31.8 Å². The van der Waals surface area contributed by atoms with E-state index in [4.69, 9.17) is 4.74 Å². The lowest BCUT2D eigenvalue weighted by atomic mass is 9.97. The molecule has 134 valence electrons. The zero-order valence-electron chi connectivity index (χ0n) is 14.7. The number of rotatable bonds is 5. The second-order valence-electron chi connectivity index (χ2n) is 7.14. The van der Waals surface area contributed by atoms with Gasteiger partial charge in [-0.2, -0.15) is 0 Å². The fraction of sp³-hybridized carbons (Fsp3) is 0.500. The number of guanidine groups is 1. The maximum atomic E-state index is 11.0. The van der Waals surface area contributed by atoms with E-state index in [2.05, 4.69) is 18.9 Å². The van der Waals surface area contributed by atoms with Crippen molar-refractivity contribution in [3.63, 3.8) is 0 Å². The third kappa shape index (κ3) is 4.57. The minimum Gasteiger partial charge on any atom is -0.375 e. The van der Waals surface area contributed by atoms with Crippen LogP contribution in [-0.2, 0) is 4.74 Å². The van der Waals surface area contributed by atoms with Gasteiger partial charge in [0.15, 0.2) is 5.03 Å². The molecule has 0 aliphatic carbocycles. The van der Waals surface area contributed by atoms with Crippen molar-refractivity contribution in [3.8, 4) is 0 Å². The molecule has 1 aromatic carbocycles. The molecule has 0 amide bonds. The Morgan fingerprint density at radius 2 is 2.12 bits per heavy atom. The lowest BCUT2D eigenvalue weighted by molar-refractivity contribution is -0.486. The summed E-state index contributed by atoms with van der Waals surface area (Å²) < 4.78 is 5.78. The Bertz CT molecular complexity index is 672. The van der Waals surface area contributed by atoms with Crippen molar-refractivity contribution in [1.29, 1.82) is 0 Å². The second kappa shape index (κ2) is 7.23. The standard InChI is InChI=1S/C18H24N4O3/c1-18(2)12-16(14-25-18)13-21-11-10-20(17(21)19-22(23)24)9-8-15-6-4-3-5-7-15/h3-9,16H,10-14H2,1-2H3. The van der Waals surface area contributed by atoms with E-state index in [9.17, 15) is 10.1 Å². The Kier molecular flexibility index (Phi) is 5.03. The predicted octanol–water partition coefficient (Wildman–Crippen LogP) is 2.64. The summed E-state index contributed by atoms with van der Waals surface area (Å²) in [5, 5.41) is 14.0. The summed E-state index contributed by atoms with van der Waals surface area (Å²) in [5.41, 5.74) is 0.935. The number of nitrogens with zero attached hydrogens (tertiary/aromatic N) is 4. The molecule has 1 atom stereocenters. The molecule has 2 saturated heterocycles. The van der Waals surface area contributed by atoms with E-state index in [1.807, 2.05) is 52.4 Å². The van der Waals surface area contributed by atoms with Crippen molar-refractivity contribution in [1.82, 2.24) is 9.80 Å². The molecule has 0 spiro atoms. The molecular weight excluding hydrogens is 320 g/mol. The molecule has 7 nitrogen and oxygen atoms in total. The van der Waals surface area contributed by atoms with Gasteiger partial charge in [0.05, 0.1) is 12.2 Å². The second-order valence-corrected chi connectivity index (χ2v) is 7.14. The average molecular weight is 344 g/mol. The monoisotopic (exact) mass is 344 g/mol. The topological polar surface area (TPSA) is 71.2 Å². The van der Waals surface area contributed by atoms with Crippen molar-refractivity contribution in [3.05, 3.63) is 52.2 Å². The number of benzene rings is 1. The van der Waals surface area contributed by atoms with Crippen LogP contribution in [0.1, 0.15) is 25.8 Å². The van der Waals surface area contributed by atoms with Crippen molar-refractivity contribution < 1.29 is 9.77 Å². The van der Waals surface area contributed by atoms with E-state index >= 15 is 0 Å². The van der Waals surface area contributed by atoms with Crippen LogP contribution in [0, 0.1) is 16.0 Å². The van der Waals surface area contributed by atoms with E-state index in [1.54, 1.807) is 0 Å². The zero-order chi connectivity index (χ0) is 17.9. The van der Waals surface area contributed by atoms with Gasteiger partial charge in [-0.15, -0.1) is 0 Å². The van der Waals surface area contributed by atoms with E-state index in [0.29, 0.717) is 25.0 Å². The van der Waals surface area contributed by atoms with Gasteiger partial charge >= 0.3 is 0 Å². The molecule has 2 heterocycles. The molecule has 2 fully saturated rings. The lowest BCUT2D eigenvalue weighted by Crippen LogP contribution is -2.35. The molecule has 1 unspecified atom stereocenters. The van der Waals surface area contributed by atoms with Crippen LogP contribution >= 0.6 is 0 Å². The van der Waals surface area contributed by atoms with Crippen LogP contribution in [0.4, 0.5) is 0 Å². The fourth-order valence-corrected chi connectivity index (χ4v) is 3.44. The minimum atomic E-state index is -0.619. The Labute approximate surface area is 147 Å². The molecule has 0 aromatic heterocycles. The first kappa shape index (κ1) is 17.4. The quantitative estimate of drug-likeness (QED) is 0.606. The van der Waals surface area contributed by atoms with Gasteiger partial charge in [-0.05, 0) is 31.9 Å². The molecule has 2 aliphatic heterocycles. The average Bonchev–Trinajstić information content (AvgIpc) is 3.09. The lowest BCUT2D eigenvalue weighted by Gasteiger charge is -2.22. The van der Waals surface area contributed by atoms with E-state index in [-0.39, 0.29) is 5.60 Å². The summed E-state index contributed by atoms with van der Waals surface area (Å²) in [6, 6.07) is 9.87. The van der Waals surface area contributed by atoms with Crippen LogP contribution in [0.15, 0.2) is 41.6 Å². The molecule has 3 rings (SSSR count). The van der Waals surface area contributed by atoms with Gasteiger partial charge in [-0.1, -0.05) is 30.3 Å². The van der Waals surface area contributed by atoms with Crippen molar-refractivity contribution >= 4 is 12.0 Å². The number of nitro groups is 1. The van der Waals surface area contributed by atoms with Gasteiger partial charge in [0.2, 0.25) is 0 Å². The molecule has 0 radical (unpaired) electrons. The number of ether oxygens (including phenoxy) is 1. The summed E-state index contributed by atoms with van der Waals surface area (Å²) in [6.45, 7) is 6.99. The van der Waals surface area contributed by atoms with Crippen LogP contribution in [0.3, 0.4) is 0 Å². The Morgan fingerprint density at radius 3 is 2.76 bits per heavy atom. The molecular formula is C18H24N4O3. The predicted molar refractivity (Wildman–Crippen MR) is 96.3 cm³/mol. The fourth-order valence-electron chi connectivity index (χ4n) is 3.44. The third-order valence-corrected chi connectivity index (χ3v) is 4.54. The largest absolute Gasteiger partial charge is 0.375 e. The van der Waals surface area contributed by atoms with Crippen molar-refractivity contribution in [2.75, 3.05) is 26.2 Å². The summed E-state index contributed by atoms with van der Waals surface area (Å²) >= 11 is 0. The summed E-state index contributed by atoms with van der Waals surface area (Å²) in [6.07, 6.45) is 4.77. The first-order chi connectivity index (χ1) is 11.9. The normalized spacial score (nSPS) is 24.6. The maximum Gasteiger partial charge on any atom is 0.278 e. The van der Waals surface area contributed by atoms with Gasteiger partial charge in [-0.25, -0.2) is 10.1 Å². The molecule has 0 N–H and O–H groups in total.